The number of halogens is 1. The van der Waals surface area contributed by atoms with Gasteiger partial charge >= 0.3 is 0 Å². The number of fused-ring (bicyclic) bond motifs is 2. The monoisotopic (exact) mass is 400 g/mol. The SMILES string of the molecule is CCO[C@H]1Oc2ccc(C)cc2C(=O)/C1=C/Nc1nc2c(Cl)cccc2s1. The summed E-state index contributed by atoms with van der Waals surface area (Å²) in [5, 5.41) is 4.34. The van der Waals surface area contributed by atoms with Crippen LogP contribution in [0.15, 0.2) is 48.2 Å². The molecular weight excluding hydrogens is 384 g/mol. The molecule has 1 aromatic heterocycles. The molecule has 0 radical (unpaired) electrons. The van der Waals surface area contributed by atoms with Crippen molar-refractivity contribution in [3.8, 4) is 5.75 Å². The molecule has 3 aromatic rings. The lowest BCUT2D eigenvalue weighted by atomic mass is 9.98. The molecule has 27 heavy (non-hydrogen) atoms. The van der Waals surface area contributed by atoms with Crippen LogP contribution in [-0.2, 0) is 4.74 Å². The summed E-state index contributed by atoms with van der Waals surface area (Å²) in [6.45, 7) is 4.22. The Morgan fingerprint density at radius 3 is 3.00 bits per heavy atom. The number of para-hydroxylation sites is 1. The van der Waals surface area contributed by atoms with Crippen molar-refractivity contribution in [2.45, 2.75) is 20.1 Å². The maximum absolute atomic E-state index is 13.0. The fourth-order valence-corrected chi connectivity index (χ4v) is 4.03. The fourth-order valence-electron chi connectivity index (χ4n) is 2.89. The van der Waals surface area contributed by atoms with Crippen LogP contribution in [0.2, 0.25) is 5.02 Å². The number of thiazole rings is 1. The number of nitrogens with one attached hydrogen (secondary N) is 1. The quantitative estimate of drug-likeness (QED) is 0.610. The first kappa shape index (κ1) is 18.0. The molecule has 2 heterocycles. The van der Waals surface area contributed by atoms with E-state index in [2.05, 4.69) is 10.3 Å². The number of hydrogen-bond donors (Lipinski definition) is 1. The van der Waals surface area contributed by atoms with E-state index in [9.17, 15) is 4.79 Å². The smallest absolute Gasteiger partial charge is 0.232 e. The van der Waals surface area contributed by atoms with Crippen LogP contribution in [-0.4, -0.2) is 23.7 Å². The molecule has 1 atom stereocenters. The second-order valence-electron chi connectivity index (χ2n) is 6.08. The Balaban J connectivity index is 1.68. The molecule has 4 rings (SSSR count). The van der Waals surface area contributed by atoms with Gasteiger partial charge in [0.25, 0.3) is 0 Å². The second-order valence-corrected chi connectivity index (χ2v) is 7.52. The first-order valence-corrected chi connectivity index (χ1v) is 9.71. The van der Waals surface area contributed by atoms with Gasteiger partial charge in [0, 0.05) is 12.8 Å². The van der Waals surface area contributed by atoms with Gasteiger partial charge in [-0.1, -0.05) is 40.6 Å². The van der Waals surface area contributed by atoms with Crippen molar-refractivity contribution >= 4 is 44.1 Å². The average Bonchev–Trinajstić information content (AvgIpc) is 3.07. The molecule has 0 unspecified atom stereocenters. The summed E-state index contributed by atoms with van der Waals surface area (Å²) >= 11 is 7.64. The van der Waals surface area contributed by atoms with Gasteiger partial charge in [0.15, 0.2) is 10.9 Å². The number of ether oxygens (including phenoxy) is 2. The van der Waals surface area contributed by atoms with Crippen LogP contribution >= 0.6 is 22.9 Å². The van der Waals surface area contributed by atoms with Crippen LogP contribution in [0.3, 0.4) is 0 Å². The third kappa shape index (κ3) is 3.43. The third-order valence-corrected chi connectivity index (χ3v) is 5.43. The predicted molar refractivity (Wildman–Crippen MR) is 108 cm³/mol. The maximum atomic E-state index is 13.0. The molecule has 1 aliphatic heterocycles. The highest BCUT2D eigenvalue weighted by Gasteiger charge is 2.32. The minimum atomic E-state index is -0.761. The number of aromatic nitrogens is 1. The van der Waals surface area contributed by atoms with E-state index in [4.69, 9.17) is 21.1 Å². The van der Waals surface area contributed by atoms with Gasteiger partial charge in [0.2, 0.25) is 6.29 Å². The minimum absolute atomic E-state index is 0.120. The van der Waals surface area contributed by atoms with Gasteiger partial charge in [-0.2, -0.15) is 0 Å². The molecule has 0 fully saturated rings. The van der Waals surface area contributed by atoms with Crippen molar-refractivity contribution in [3.05, 3.63) is 64.3 Å². The molecule has 7 heteroatoms. The largest absolute Gasteiger partial charge is 0.460 e. The number of hydrogen-bond acceptors (Lipinski definition) is 6. The van der Waals surface area contributed by atoms with Crippen molar-refractivity contribution in [2.24, 2.45) is 0 Å². The minimum Gasteiger partial charge on any atom is -0.460 e. The predicted octanol–water partition coefficient (Wildman–Crippen LogP) is 5.19. The number of aryl methyl sites for hydroxylation is 1. The molecule has 2 aromatic carbocycles. The lowest BCUT2D eigenvalue weighted by molar-refractivity contribution is -0.0509. The zero-order valence-electron chi connectivity index (χ0n) is 14.8. The highest BCUT2D eigenvalue weighted by molar-refractivity contribution is 7.22. The molecule has 0 bridgehead atoms. The van der Waals surface area contributed by atoms with E-state index in [0.29, 0.717) is 33.6 Å². The molecule has 5 nitrogen and oxygen atoms in total. The molecule has 1 aliphatic rings. The summed E-state index contributed by atoms with van der Waals surface area (Å²) in [5.41, 5.74) is 2.67. The van der Waals surface area contributed by atoms with E-state index in [-0.39, 0.29) is 5.78 Å². The Bertz CT molecular complexity index is 1060. The maximum Gasteiger partial charge on any atom is 0.232 e. The molecule has 0 amide bonds. The Hall–Kier alpha value is -2.41. The van der Waals surface area contributed by atoms with Gasteiger partial charge in [-0.25, -0.2) is 4.98 Å². The van der Waals surface area contributed by atoms with Gasteiger partial charge in [0.1, 0.15) is 11.3 Å². The topological polar surface area (TPSA) is 60.5 Å². The van der Waals surface area contributed by atoms with E-state index in [0.717, 1.165) is 15.8 Å². The van der Waals surface area contributed by atoms with Crippen LogP contribution in [0.4, 0.5) is 5.13 Å². The normalized spacial score (nSPS) is 17.8. The summed E-state index contributed by atoms with van der Waals surface area (Å²) in [6, 6.07) is 11.2. The van der Waals surface area contributed by atoms with Crippen molar-refractivity contribution in [1.29, 1.82) is 0 Å². The number of carbonyl (C=O) groups excluding carboxylic acids is 1. The molecule has 0 saturated carbocycles. The first-order chi connectivity index (χ1) is 13.1. The third-order valence-electron chi connectivity index (χ3n) is 4.17. The second kappa shape index (κ2) is 7.31. The number of rotatable bonds is 4. The Labute approximate surface area is 165 Å². The van der Waals surface area contributed by atoms with Crippen LogP contribution in [0.1, 0.15) is 22.8 Å². The Morgan fingerprint density at radius 1 is 1.37 bits per heavy atom. The number of Topliss-reactive ketones (excluding diaryl/α,β-unsaturated/α-hetero) is 1. The van der Waals surface area contributed by atoms with Gasteiger partial charge in [-0.05, 0) is 38.1 Å². The molecule has 138 valence electrons. The lowest BCUT2D eigenvalue weighted by Gasteiger charge is -2.27. The van der Waals surface area contributed by atoms with E-state index in [1.165, 1.54) is 11.3 Å². The van der Waals surface area contributed by atoms with Gasteiger partial charge in [-0.3, -0.25) is 4.79 Å². The molecule has 1 N–H and O–H groups in total. The van der Waals surface area contributed by atoms with Crippen molar-refractivity contribution in [2.75, 3.05) is 11.9 Å². The van der Waals surface area contributed by atoms with Gasteiger partial charge in [0.05, 0.1) is 20.9 Å². The zero-order chi connectivity index (χ0) is 19.0. The standard InChI is InChI=1S/C20H17ClN2O3S/c1-3-25-19-13(18(24)12-9-11(2)7-8-15(12)26-19)10-22-20-23-17-14(21)5-4-6-16(17)27-20/h4-10,19H,3H2,1-2H3,(H,22,23)/b13-10-/t19-/m0/s1. The zero-order valence-corrected chi connectivity index (χ0v) is 16.4. The molecule has 0 aliphatic carbocycles. The molecule has 0 saturated heterocycles. The van der Waals surface area contributed by atoms with Crippen molar-refractivity contribution in [1.82, 2.24) is 4.98 Å². The highest BCUT2D eigenvalue weighted by atomic mass is 35.5. The van der Waals surface area contributed by atoms with E-state index < -0.39 is 6.29 Å². The van der Waals surface area contributed by atoms with Gasteiger partial charge < -0.3 is 14.8 Å². The number of nitrogens with zero attached hydrogens (tertiary/aromatic N) is 1. The highest BCUT2D eigenvalue weighted by Crippen LogP contribution is 2.33. The number of benzene rings is 2. The van der Waals surface area contributed by atoms with E-state index in [1.807, 2.05) is 38.1 Å². The molecular formula is C20H17ClN2O3S. The van der Waals surface area contributed by atoms with E-state index in [1.54, 1.807) is 18.3 Å². The Morgan fingerprint density at radius 2 is 2.22 bits per heavy atom. The van der Waals surface area contributed by atoms with Crippen LogP contribution < -0.4 is 10.1 Å². The fraction of sp³-hybridized carbons (Fsp3) is 0.200. The van der Waals surface area contributed by atoms with Crippen molar-refractivity contribution in [3.63, 3.8) is 0 Å². The summed E-state index contributed by atoms with van der Waals surface area (Å²) in [5.74, 6) is 0.415. The lowest BCUT2D eigenvalue weighted by Crippen LogP contribution is -2.33. The van der Waals surface area contributed by atoms with E-state index >= 15 is 0 Å². The number of anilines is 1. The van der Waals surface area contributed by atoms with Crippen LogP contribution in [0.25, 0.3) is 10.2 Å². The summed E-state index contributed by atoms with van der Waals surface area (Å²) in [4.78, 5) is 17.5. The van der Waals surface area contributed by atoms with Crippen LogP contribution in [0.5, 0.6) is 5.75 Å². The number of carbonyl (C=O) groups is 1. The summed E-state index contributed by atoms with van der Waals surface area (Å²) < 4.78 is 12.5. The van der Waals surface area contributed by atoms with Crippen molar-refractivity contribution < 1.29 is 14.3 Å². The Kier molecular flexibility index (Phi) is 4.86. The summed E-state index contributed by atoms with van der Waals surface area (Å²) in [6.07, 6.45) is 0.850. The number of ketones is 1. The van der Waals surface area contributed by atoms with Gasteiger partial charge in [-0.15, -0.1) is 0 Å². The average molecular weight is 401 g/mol. The summed E-state index contributed by atoms with van der Waals surface area (Å²) in [7, 11) is 0. The molecule has 0 spiro atoms. The van der Waals surface area contributed by atoms with Crippen LogP contribution in [0, 0.1) is 6.92 Å². The first-order valence-electron chi connectivity index (χ1n) is 8.52.